The molecule has 1 aromatic rings. The molecule has 0 aromatic carbocycles. The molecule has 1 aromatic heterocycles. The van der Waals surface area contributed by atoms with Gasteiger partial charge in [0.1, 0.15) is 11.7 Å². The highest BCUT2D eigenvalue weighted by atomic mass is 31.2. The normalized spacial score (nSPS) is 30.9. The van der Waals surface area contributed by atoms with Crippen molar-refractivity contribution in [1.82, 2.24) is 0 Å². The first-order valence-electron chi connectivity index (χ1n) is 6.54. The minimum Gasteiger partial charge on any atom is -0.756 e. The van der Waals surface area contributed by atoms with E-state index in [2.05, 4.69) is 4.52 Å². The molecule has 1 heterocycles. The number of nitrogens with two attached hydrogens (primary N) is 1. The van der Waals surface area contributed by atoms with Crippen molar-refractivity contribution in [3.63, 3.8) is 0 Å². The summed E-state index contributed by atoms with van der Waals surface area (Å²) >= 11 is 0. The fourth-order valence-electron chi connectivity index (χ4n) is 2.59. The van der Waals surface area contributed by atoms with Crippen molar-refractivity contribution in [3.8, 4) is 0 Å². The van der Waals surface area contributed by atoms with Crippen LogP contribution in [-0.2, 0) is 9.09 Å². The highest BCUT2D eigenvalue weighted by molar-refractivity contribution is 7.44. The van der Waals surface area contributed by atoms with Gasteiger partial charge in [0.05, 0.1) is 12.7 Å². The monoisotopic (exact) mass is 332 g/mol. The summed E-state index contributed by atoms with van der Waals surface area (Å²) in [5, 5.41) is 20.0. The quantitative estimate of drug-likeness (QED) is 0.353. The van der Waals surface area contributed by atoms with E-state index >= 15 is 0 Å². The number of nitrogens with zero attached hydrogens (tertiary/aromatic N) is 1. The predicted molar refractivity (Wildman–Crippen MR) is 70.1 cm³/mol. The number of phosphoric acid groups is 1. The van der Waals surface area contributed by atoms with E-state index in [1.54, 1.807) is 12.3 Å². The first-order valence-corrected chi connectivity index (χ1v) is 8.03. The largest absolute Gasteiger partial charge is 0.756 e. The first kappa shape index (κ1) is 17.0. The fraction of sp³-hybridized carbons (Fsp3) is 0.500. The lowest BCUT2D eigenvalue weighted by molar-refractivity contribution is -0.728. The van der Waals surface area contributed by atoms with E-state index in [-0.39, 0.29) is 12.0 Å². The smallest absolute Gasteiger partial charge is 0.265 e. The highest BCUT2D eigenvalue weighted by Crippen LogP contribution is 2.37. The van der Waals surface area contributed by atoms with Gasteiger partial charge in [-0.1, -0.05) is 0 Å². The molecule has 0 radical (unpaired) electrons. The number of amides is 1. The van der Waals surface area contributed by atoms with Gasteiger partial charge >= 0.3 is 0 Å². The second-order valence-electron chi connectivity index (χ2n) is 5.21. The van der Waals surface area contributed by atoms with Gasteiger partial charge in [-0.3, -0.25) is 9.36 Å². The summed E-state index contributed by atoms with van der Waals surface area (Å²) in [5.41, 5.74) is 5.43. The summed E-state index contributed by atoms with van der Waals surface area (Å²) in [6.07, 6.45) is 0.847. The number of primary amides is 1. The molecule has 22 heavy (non-hydrogen) atoms. The van der Waals surface area contributed by atoms with Gasteiger partial charge in [0.2, 0.25) is 0 Å². The van der Waals surface area contributed by atoms with Gasteiger partial charge in [-0.2, -0.15) is 4.57 Å². The van der Waals surface area contributed by atoms with E-state index in [0.717, 1.165) is 0 Å². The summed E-state index contributed by atoms with van der Waals surface area (Å²) in [7, 11) is -4.89. The van der Waals surface area contributed by atoms with Crippen molar-refractivity contribution in [1.29, 1.82) is 0 Å². The molecule has 0 spiro atoms. The summed E-state index contributed by atoms with van der Waals surface area (Å²) in [4.78, 5) is 30.4. The summed E-state index contributed by atoms with van der Waals surface area (Å²) in [6.45, 7) is -0.442. The lowest BCUT2D eigenvalue weighted by Gasteiger charge is -2.20. The average molecular weight is 332 g/mol. The Hall–Kier alpha value is -1.35. The van der Waals surface area contributed by atoms with E-state index < -0.39 is 44.5 Å². The Kier molecular flexibility index (Phi) is 4.96. The highest BCUT2D eigenvalue weighted by Gasteiger charge is 2.47. The maximum atomic E-state index is 11.2. The second-order valence-corrected chi connectivity index (χ2v) is 6.41. The predicted octanol–water partition coefficient (Wildman–Crippen LogP) is -2.17. The van der Waals surface area contributed by atoms with Crippen molar-refractivity contribution < 1.29 is 38.5 Å². The zero-order valence-electron chi connectivity index (χ0n) is 11.5. The van der Waals surface area contributed by atoms with Gasteiger partial charge in [0, 0.05) is 18.4 Å². The van der Waals surface area contributed by atoms with Gasteiger partial charge in [0.25, 0.3) is 13.7 Å². The molecule has 2 rings (SSSR count). The number of aliphatic hydroxyl groups is 2. The van der Waals surface area contributed by atoms with Gasteiger partial charge in [0.15, 0.2) is 18.4 Å². The number of phosphoric ester groups is 1. The first-order chi connectivity index (χ1) is 10.2. The Bertz CT molecular complexity index is 605. The van der Waals surface area contributed by atoms with Crippen LogP contribution in [0.1, 0.15) is 22.8 Å². The summed E-state index contributed by atoms with van der Waals surface area (Å²) in [5.74, 6) is -1.31. The van der Waals surface area contributed by atoms with Crippen LogP contribution in [0.25, 0.3) is 0 Å². The lowest BCUT2D eigenvalue weighted by Crippen LogP contribution is -2.45. The van der Waals surface area contributed by atoms with Gasteiger partial charge in [-0.15, -0.1) is 0 Å². The van der Waals surface area contributed by atoms with E-state index in [9.17, 15) is 24.5 Å². The fourth-order valence-corrected chi connectivity index (χ4v) is 2.97. The molecule has 1 fully saturated rings. The standard InChI is InChI=1S/C12H17N2O7P/c13-12(17)7-2-1-3-14(5-7)9-4-8(10(15)11(9)16)6-21-22(18,19)20/h1-3,5,8-11,15-16H,4,6H2,(H3-,13,17,18,19,20)/t8-,9-,10-,11+/m1/s1. The van der Waals surface area contributed by atoms with Crippen molar-refractivity contribution in [2.24, 2.45) is 11.7 Å². The van der Waals surface area contributed by atoms with Crippen LogP contribution < -0.4 is 15.2 Å². The van der Waals surface area contributed by atoms with Gasteiger partial charge in [-0.05, 0) is 6.07 Å². The lowest BCUT2D eigenvalue weighted by atomic mass is 10.1. The van der Waals surface area contributed by atoms with E-state index in [4.69, 9.17) is 10.6 Å². The molecular formula is C12H17N2O7P. The molecule has 0 bridgehead atoms. The molecule has 122 valence electrons. The number of carbonyl (C=O) groups is 1. The van der Waals surface area contributed by atoms with Crippen LogP contribution in [0.3, 0.4) is 0 Å². The van der Waals surface area contributed by atoms with Crippen molar-refractivity contribution in [3.05, 3.63) is 30.1 Å². The number of aromatic nitrogens is 1. The van der Waals surface area contributed by atoms with Crippen molar-refractivity contribution in [2.45, 2.75) is 24.7 Å². The molecule has 10 heteroatoms. The van der Waals surface area contributed by atoms with E-state index in [0.29, 0.717) is 0 Å². The molecule has 5 N–H and O–H groups in total. The topological polar surface area (TPSA) is 157 Å². The number of pyridine rings is 1. The Morgan fingerprint density at radius 2 is 2.18 bits per heavy atom. The maximum Gasteiger partial charge on any atom is 0.265 e. The molecule has 0 aliphatic heterocycles. The molecule has 9 nitrogen and oxygen atoms in total. The maximum absolute atomic E-state index is 11.2. The minimum atomic E-state index is -4.89. The van der Waals surface area contributed by atoms with Crippen LogP contribution in [0.5, 0.6) is 0 Å². The molecule has 0 saturated heterocycles. The van der Waals surface area contributed by atoms with Gasteiger partial charge < -0.3 is 30.3 Å². The molecular weight excluding hydrogens is 315 g/mol. The van der Waals surface area contributed by atoms with Crippen LogP contribution in [0.2, 0.25) is 0 Å². The van der Waals surface area contributed by atoms with Crippen LogP contribution in [0.15, 0.2) is 24.5 Å². The molecule has 1 aliphatic rings. The Balaban J connectivity index is 2.14. The summed E-state index contributed by atoms with van der Waals surface area (Å²) in [6, 6.07) is 2.51. The molecule has 1 saturated carbocycles. The van der Waals surface area contributed by atoms with Crippen molar-refractivity contribution in [2.75, 3.05) is 6.61 Å². The Labute approximate surface area is 126 Å². The zero-order chi connectivity index (χ0) is 16.5. The molecule has 1 amide bonds. The minimum absolute atomic E-state index is 0.204. The Morgan fingerprint density at radius 1 is 1.50 bits per heavy atom. The van der Waals surface area contributed by atoms with Crippen LogP contribution in [0.4, 0.5) is 0 Å². The van der Waals surface area contributed by atoms with Crippen LogP contribution >= 0.6 is 7.82 Å². The Morgan fingerprint density at radius 3 is 2.77 bits per heavy atom. The third-order valence-corrected chi connectivity index (χ3v) is 4.19. The van der Waals surface area contributed by atoms with Gasteiger partial charge in [-0.25, -0.2) is 0 Å². The van der Waals surface area contributed by atoms with E-state index in [1.165, 1.54) is 16.8 Å². The van der Waals surface area contributed by atoms with Crippen molar-refractivity contribution >= 4 is 13.7 Å². The third kappa shape index (κ3) is 3.89. The summed E-state index contributed by atoms with van der Waals surface area (Å²) < 4.78 is 16.4. The zero-order valence-corrected chi connectivity index (χ0v) is 12.4. The number of carbonyl (C=O) groups excluding carboxylic acids is 1. The third-order valence-electron chi connectivity index (χ3n) is 3.71. The molecule has 1 aliphatic carbocycles. The number of hydrogen-bond acceptors (Lipinski definition) is 6. The SMILES string of the molecule is NC(=O)c1ccc[n+]([C@@H]2C[C@H](COP(=O)([O-])O)[C@@H](O)[C@H]2O)c1. The number of aliphatic hydroxyl groups excluding tert-OH is 2. The molecule has 5 atom stereocenters. The van der Waals surface area contributed by atoms with E-state index in [1.807, 2.05) is 0 Å². The van der Waals surface area contributed by atoms with Crippen LogP contribution in [-0.4, -0.2) is 39.8 Å². The number of hydrogen-bond donors (Lipinski definition) is 4. The number of rotatable bonds is 5. The van der Waals surface area contributed by atoms with Crippen LogP contribution in [0, 0.1) is 5.92 Å². The molecule has 1 unspecified atom stereocenters. The average Bonchev–Trinajstić information content (AvgIpc) is 2.72. The second kappa shape index (κ2) is 6.41.